The molecule has 2 heterocycles. The molecule has 0 aliphatic heterocycles. The molecule has 2 aromatic carbocycles. The molecule has 1 unspecified atom stereocenters. The normalized spacial score (nSPS) is 12.4. The zero-order valence-electron chi connectivity index (χ0n) is 14.2. The molecule has 4 heteroatoms. The van der Waals surface area contributed by atoms with Crippen LogP contribution < -0.4 is 5.32 Å². The number of benzene rings is 2. The molecule has 0 bridgehead atoms. The Bertz CT molecular complexity index is 1080. The lowest BCUT2D eigenvalue weighted by Gasteiger charge is -2.16. The molecule has 0 spiro atoms. The lowest BCUT2D eigenvalue weighted by molar-refractivity contribution is 0.0935. The van der Waals surface area contributed by atoms with Gasteiger partial charge in [-0.25, -0.2) is 4.98 Å². The summed E-state index contributed by atoms with van der Waals surface area (Å²) in [5.74, 6) is -0.163. The fourth-order valence-corrected chi connectivity index (χ4v) is 3.23. The van der Waals surface area contributed by atoms with Crippen molar-refractivity contribution < 1.29 is 4.79 Å². The average molecular weight is 329 g/mol. The van der Waals surface area contributed by atoms with Gasteiger partial charge in [0.1, 0.15) is 11.3 Å². The van der Waals surface area contributed by atoms with E-state index < -0.39 is 0 Å². The van der Waals surface area contributed by atoms with Gasteiger partial charge in [-0.05, 0) is 42.3 Å². The third-order valence-corrected chi connectivity index (χ3v) is 4.57. The van der Waals surface area contributed by atoms with Crippen molar-refractivity contribution >= 4 is 22.3 Å². The van der Waals surface area contributed by atoms with Crippen LogP contribution in [0.2, 0.25) is 0 Å². The second-order valence-electron chi connectivity index (χ2n) is 6.29. The maximum atomic E-state index is 12.7. The maximum absolute atomic E-state index is 12.7. The van der Waals surface area contributed by atoms with Crippen LogP contribution in [0.1, 0.15) is 34.7 Å². The molecule has 1 atom stereocenters. The third kappa shape index (κ3) is 2.76. The van der Waals surface area contributed by atoms with Crippen molar-refractivity contribution in [2.24, 2.45) is 0 Å². The van der Waals surface area contributed by atoms with Crippen LogP contribution in [0.5, 0.6) is 0 Å². The molecule has 1 N–H and O–H groups in total. The van der Waals surface area contributed by atoms with Gasteiger partial charge in [0, 0.05) is 11.9 Å². The van der Waals surface area contributed by atoms with Gasteiger partial charge in [0.15, 0.2) is 0 Å². The summed E-state index contributed by atoms with van der Waals surface area (Å²) < 4.78 is 1.93. The summed E-state index contributed by atoms with van der Waals surface area (Å²) in [6.07, 6.45) is 1.79. The van der Waals surface area contributed by atoms with Crippen molar-refractivity contribution in [3.63, 3.8) is 0 Å². The quantitative estimate of drug-likeness (QED) is 0.609. The Hall–Kier alpha value is -3.14. The van der Waals surface area contributed by atoms with Crippen molar-refractivity contribution in [2.75, 3.05) is 0 Å². The van der Waals surface area contributed by atoms with Crippen LogP contribution in [0, 0.1) is 6.92 Å². The summed E-state index contributed by atoms with van der Waals surface area (Å²) in [6.45, 7) is 4.00. The molecule has 25 heavy (non-hydrogen) atoms. The first kappa shape index (κ1) is 15.4. The van der Waals surface area contributed by atoms with E-state index in [1.807, 2.05) is 54.6 Å². The number of carbonyl (C=O) groups excluding carboxylic acids is 1. The smallest absolute Gasteiger partial charge is 0.271 e. The minimum Gasteiger partial charge on any atom is -0.344 e. The number of nitrogens with zero attached hydrogens (tertiary/aromatic N) is 2. The van der Waals surface area contributed by atoms with Gasteiger partial charge in [0.05, 0.1) is 6.04 Å². The summed E-state index contributed by atoms with van der Waals surface area (Å²) in [7, 11) is 0. The van der Waals surface area contributed by atoms with Gasteiger partial charge in [0.2, 0.25) is 0 Å². The number of carbonyl (C=O) groups is 1. The van der Waals surface area contributed by atoms with Crippen LogP contribution in [-0.2, 0) is 0 Å². The highest BCUT2D eigenvalue weighted by atomic mass is 16.2. The lowest BCUT2D eigenvalue weighted by Crippen LogP contribution is -2.27. The van der Waals surface area contributed by atoms with Crippen molar-refractivity contribution in [2.45, 2.75) is 19.9 Å². The van der Waals surface area contributed by atoms with Gasteiger partial charge in [-0.3, -0.25) is 4.79 Å². The van der Waals surface area contributed by atoms with Gasteiger partial charge in [-0.2, -0.15) is 0 Å². The molecule has 4 aromatic rings. The number of pyridine rings is 1. The second-order valence-corrected chi connectivity index (χ2v) is 6.29. The fourth-order valence-electron chi connectivity index (χ4n) is 3.23. The first-order valence-corrected chi connectivity index (χ1v) is 8.37. The molecule has 0 aliphatic carbocycles. The summed E-state index contributed by atoms with van der Waals surface area (Å²) in [5, 5.41) is 5.40. The topological polar surface area (TPSA) is 46.4 Å². The Morgan fingerprint density at radius 2 is 1.80 bits per heavy atom. The predicted octanol–water partition coefficient (Wildman–Crippen LogP) is 4.29. The number of hydrogen-bond acceptors (Lipinski definition) is 2. The number of fused-ring (bicyclic) bond motifs is 2. The number of nitrogens with one attached hydrogen (secondary N) is 1. The van der Waals surface area contributed by atoms with E-state index in [-0.39, 0.29) is 11.9 Å². The van der Waals surface area contributed by atoms with Gasteiger partial charge < -0.3 is 9.72 Å². The Labute approximate surface area is 146 Å². The van der Waals surface area contributed by atoms with E-state index in [1.165, 1.54) is 5.39 Å². The van der Waals surface area contributed by atoms with Crippen LogP contribution in [0.25, 0.3) is 16.4 Å². The summed E-state index contributed by atoms with van der Waals surface area (Å²) in [6, 6.07) is 20.1. The number of hydrogen-bond donors (Lipinski definition) is 1. The van der Waals surface area contributed by atoms with Gasteiger partial charge in [0.25, 0.3) is 5.91 Å². The molecule has 4 rings (SSSR count). The Morgan fingerprint density at radius 1 is 1.04 bits per heavy atom. The molecular weight excluding hydrogens is 310 g/mol. The molecule has 2 aromatic heterocycles. The minimum atomic E-state index is -0.163. The van der Waals surface area contributed by atoms with Crippen molar-refractivity contribution in [1.82, 2.24) is 14.7 Å². The second kappa shape index (κ2) is 6.06. The van der Waals surface area contributed by atoms with Crippen molar-refractivity contribution in [3.05, 3.63) is 83.8 Å². The van der Waals surface area contributed by atoms with Crippen molar-refractivity contribution in [1.29, 1.82) is 0 Å². The molecular formula is C21H19N3O. The molecule has 0 fully saturated rings. The SMILES string of the molecule is Cc1cccc2nc(C(=O)NC(C)c3cccc4ccccc34)cn12. The summed E-state index contributed by atoms with van der Waals surface area (Å²) in [5.41, 5.74) is 3.36. The fraction of sp³-hybridized carbons (Fsp3) is 0.143. The molecule has 0 aliphatic rings. The predicted molar refractivity (Wildman–Crippen MR) is 99.8 cm³/mol. The Balaban J connectivity index is 1.64. The highest BCUT2D eigenvalue weighted by Gasteiger charge is 2.16. The van der Waals surface area contributed by atoms with E-state index in [2.05, 4.69) is 34.6 Å². The zero-order chi connectivity index (χ0) is 17.4. The summed E-state index contributed by atoms with van der Waals surface area (Å²) >= 11 is 0. The Morgan fingerprint density at radius 3 is 2.64 bits per heavy atom. The van der Waals surface area contributed by atoms with Crippen LogP contribution in [0.4, 0.5) is 0 Å². The van der Waals surface area contributed by atoms with Gasteiger partial charge >= 0.3 is 0 Å². The van der Waals surface area contributed by atoms with E-state index in [1.54, 1.807) is 6.20 Å². The van der Waals surface area contributed by atoms with Crippen LogP contribution in [-0.4, -0.2) is 15.3 Å². The third-order valence-electron chi connectivity index (χ3n) is 4.57. The molecule has 124 valence electrons. The van der Waals surface area contributed by atoms with E-state index in [9.17, 15) is 4.79 Å². The number of aromatic nitrogens is 2. The van der Waals surface area contributed by atoms with Gasteiger partial charge in [-0.1, -0.05) is 48.5 Å². The largest absolute Gasteiger partial charge is 0.344 e. The van der Waals surface area contributed by atoms with Crippen LogP contribution in [0.15, 0.2) is 66.9 Å². The van der Waals surface area contributed by atoms with Gasteiger partial charge in [-0.15, -0.1) is 0 Å². The van der Waals surface area contributed by atoms with E-state index in [0.717, 1.165) is 22.3 Å². The molecule has 0 saturated heterocycles. The number of rotatable bonds is 3. The number of amides is 1. The maximum Gasteiger partial charge on any atom is 0.271 e. The summed E-state index contributed by atoms with van der Waals surface area (Å²) in [4.78, 5) is 17.1. The van der Waals surface area contributed by atoms with Crippen molar-refractivity contribution in [3.8, 4) is 0 Å². The zero-order valence-corrected chi connectivity index (χ0v) is 14.2. The first-order chi connectivity index (χ1) is 12.1. The lowest BCUT2D eigenvalue weighted by atomic mass is 9.99. The molecule has 0 radical (unpaired) electrons. The molecule has 4 nitrogen and oxygen atoms in total. The van der Waals surface area contributed by atoms with Crippen LogP contribution >= 0.6 is 0 Å². The molecule has 0 saturated carbocycles. The Kier molecular flexibility index (Phi) is 3.73. The van der Waals surface area contributed by atoms with E-state index in [0.29, 0.717) is 5.69 Å². The minimum absolute atomic E-state index is 0.107. The number of imidazole rings is 1. The first-order valence-electron chi connectivity index (χ1n) is 8.37. The average Bonchev–Trinajstić information content (AvgIpc) is 3.07. The number of aryl methyl sites for hydroxylation is 1. The highest BCUT2D eigenvalue weighted by Crippen LogP contribution is 2.24. The van der Waals surface area contributed by atoms with Crippen LogP contribution in [0.3, 0.4) is 0 Å². The standard InChI is InChI=1S/C21H19N3O/c1-14-7-5-12-20-23-19(13-24(14)20)21(25)22-15(2)17-11-6-9-16-8-3-4-10-18(16)17/h3-13,15H,1-2H3,(H,22,25). The molecule has 1 amide bonds. The van der Waals surface area contributed by atoms with E-state index in [4.69, 9.17) is 0 Å². The van der Waals surface area contributed by atoms with E-state index >= 15 is 0 Å². The monoisotopic (exact) mass is 329 g/mol. The highest BCUT2D eigenvalue weighted by molar-refractivity contribution is 5.94.